The van der Waals surface area contributed by atoms with Gasteiger partial charge in [0.15, 0.2) is 11.5 Å². The van der Waals surface area contributed by atoms with E-state index in [9.17, 15) is 0 Å². The van der Waals surface area contributed by atoms with Gasteiger partial charge in [-0.15, -0.1) is 0 Å². The summed E-state index contributed by atoms with van der Waals surface area (Å²) in [5.41, 5.74) is 4.04. The number of benzene rings is 2. The Kier molecular flexibility index (Phi) is 5.92. The molecule has 1 N–H and O–H groups in total. The van der Waals surface area contributed by atoms with Crippen LogP contribution in [0.5, 0.6) is 11.5 Å². The van der Waals surface area contributed by atoms with Crippen LogP contribution < -0.4 is 14.8 Å². The first-order valence-corrected chi connectivity index (χ1v) is 8.79. The first-order chi connectivity index (χ1) is 12.3. The summed E-state index contributed by atoms with van der Waals surface area (Å²) >= 11 is 0. The van der Waals surface area contributed by atoms with Crippen molar-refractivity contribution in [1.29, 1.82) is 5.26 Å². The topological polar surface area (TPSA) is 54.3 Å². The first kappa shape index (κ1) is 17.3. The molecule has 0 saturated carbocycles. The van der Waals surface area contributed by atoms with Crippen molar-refractivity contribution in [1.82, 2.24) is 5.32 Å². The molecule has 1 atom stereocenters. The molecule has 1 unspecified atom stereocenters. The van der Waals surface area contributed by atoms with Crippen LogP contribution in [0.25, 0.3) is 0 Å². The number of ether oxygens (including phenoxy) is 2. The number of nitrogens with one attached hydrogen (secondary N) is 1. The molecule has 0 amide bonds. The van der Waals surface area contributed by atoms with Crippen molar-refractivity contribution in [2.24, 2.45) is 0 Å². The van der Waals surface area contributed by atoms with Gasteiger partial charge >= 0.3 is 0 Å². The van der Waals surface area contributed by atoms with Crippen molar-refractivity contribution in [3.63, 3.8) is 0 Å². The fourth-order valence-electron chi connectivity index (χ4n) is 3.29. The lowest BCUT2D eigenvalue weighted by atomic mass is 10.1. The van der Waals surface area contributed by atoms with E-state index in [-0.39, 0.29) is 0 Å². The minimum absolute atomic E-state index is 0.415. The molecule has 4 heteroatoms. The molecule has 0 heterocycles. The lowest BCUT2D eigenvalue weighted by Crippen LogP contribution is -2.18. The molecule has 0 fully saturated rings. The second-order valence-electron chi connectivity index (χ2n) is 6.27. The second kappa shape index (κ2) is 8.55. The Morgan fingerprint density at radius 3 is 2.92 bits per heavy atom. The van der Waals surface area contributed by atoms with Crippen molar-refractivity contribution >= 4 is 0 Å². The molecular weight excluding hydrogens is 312 g/mol. The number of methoxy groups -OCH3 is 1. The maximum absolute atomic E-state index is 8.61. The van der Waals surface area contributed by atoms with E-state index in [1.165, 1.54) is 16.7 Å². The van der Waals surface area contributed by atoms with E-state index in [1.807, 2.05) is 12.1 Å². The van der Waals surface area contributed by atoms with E-state index in [4.69, 9.17) is 14.7 Å². The molecule has 1 aliphatic carbocycles. The average molecular weight is 336 g/mol. The standard InChI is InChI=1S/C21H24N2O2/c1-24-20-11-8-16(14-21(20)25-13-5-4-12-22)15-23-19-10-9-17-6-2-3-7-18(17)19/h2-3,6-8,11,14,19,23H,4-5,9-10,13,15H2,1H3. The molecule has 0 spiro atoms. The molecule has 130 valence electrons. The highest BCUT2D eigenvalue weighted by molar-refractivity contribution is 5.43. The Labute approximate surface area is 149 Å². The predicted octanol–water partition coefficient (Wildman–Crippen LogP) is 4.15. The number of hydrogen-bond acceptors (Lipinski definition) is 4. The quantitative estimate of drug-likeness (QED) is 0.736. The van der Waals surface area contributed by atoms with E-state index in [1.54, 1.807) is 7.11 Å². The summed E-state index contributed by atoms with van der Waals surface area (Å²) in [6, 6.07) is 17.2. The minimum atomic E-state index is 0.415. The van der Waals surface area contributed by atoms with Gasteiger partial charge in [-0.3, -0.25) is 0 Å². The molecule has 1 aliphatic rings. The van der Waals surface area contributed by atoms with E-state index < -0.39 is 0 Å². The van der Waals surface area contributed by atoms with E-state index in [0.29, 0.717) is 19.1 Å². The zero-order valence-electron chi connectivity index (χ0n) is 14.6. The van der Waals surface area contributed by atoms with Crippen molar-refractivity contribution in [3.8, 4) is 17.6 Å². The SMILES string of the molecule is COc1ccc(CNC2CCc3ccccc32)cc1OCCCC#N. The molecule has 0 radical (unpaired) electrons. The fourth-order valence-corrected chi connectivity index (χ4v) is 3.29. The van der Waals surface area contributed by atoms with Crippen LogP contribution in [0.1, 0.15) is 42.0 Å². The van der Waals surface area contributed by atoms with Crippen molar-refractivity contribution in [2.45, 2.75) is 38.3 Å². The molecule has 0 aliphatic heterocycles. The Morgan fingerprint density at radius 1 is 1.20 bits per heavy atom. The van der Waals surface area contributed by atoms with Crippen LogP contribution in [0.3, 0.4) is 0 Å². The van der Waals surface area contributed by atoms with Crippen molar-refractivity contribution in [3.05, 3.63) is 59.2 Å². The average Bonchev–Trinajstić information content (AvgIpc) is 3.07. The zero-order valence-corrected chi connectivity index (χ0v) is 14.6. The van der Waals surface area contributed by atoms with Crippen LogP contribution in [-0.2, 0) is 13.0 Å². The molecular formula is C21H24N2O2. The number of hydrogen-bond donors (Lipinski definition) is 1. The van der Waals surface area contributed by atoms with Gasteiger partial charge in [-0.2, -0.15) is 5.26 Å². The highest BCUT2D eigenvalue weighted by Gasteiger charge is 2.21. The van der Waals surface area contributed by atoms with Crippen molar-refractivity contribution < 1.29 is 9.47 Å². The number of fused-ring (bicyclic) bond motifs is 1. The van der Waals surface area contributed by atoms with Gasteiger partial charge in [0.2, 0.25) is 0 Å². The molecule has 0 bridgehead atoms. The Hall–Kier alpha value is -2.51. The molecule has 0 saturated heterocycles. The highest BCUT2D eigenvalue weighted by atomic mass is 16.5. The predicted molar refractivity (Wildman–Crippen MR) is 97.7 cm³/mol. The summed E-state index contributed by atoms with van der Waals surface area (Å²) in [6.07, 6.45) is 3.52. The number of nitrogens with zero attached hydrogens (tertiary/aromatic N) is 1. The third-order valence-corrected chi connectivity index (χ3v) is 4.60. The van der Waals surface area contributed by atoms with Gasteiger partial charge in [-0.1, -0.05) is 30.3 Å². The van der Waals surface area contributed by atoms with Gasteiger partial charge in [0, 0.05) is 19.0 Å². The van der Waals surface area contributed by atoms with Crippen LogP contribution >= 0.6 is 0 Å². The number of nitriles is 1. The molecule has 0 aromatic heterocycles. The van der Waals surface area contributed by atoms with Gasteiger partial charge in [-0.25, -0.2) is 0 Å². The summed E-state index contributed by atoms with van der Waals surface area (Å²) in [5, 5.41) is 12.3. The van der Waals surface area contributed by atoms with Crippen molar-refractivity contribution in [2.75, 3.05) is 13.7 Å². The third-order valence-electron chi connectivity index (χ3n) is 4.60. The number of unbranched alkanes of at least 4 members (excludes halogenated alkanes) is 1. The zero-order chi connectivity index (χ0) is 17.5. The largest absolute Gasteiger partial charge is 0.493 e. The Morgan fingerprint density at radius 2 is 2.08 bits per heavy atom. The smallest absolute Gasteiger partial charge is 0.161 e. The maximum atomic E-state index is 8.61. The van der Waals surface area contributed by atoms with Crippen LogP contribution in [0.2, 0.25) is 0 Å². The molecule has 2 aromatic rings. The van der Waals surface area contributed by atoms with E-state index >= 15 is 0 Å². The second-order valence-corrected chi connectivity index (χ2v) is 6.27. The van der Waals surface area contributed by atoms with Crippen LogP contribution in [0, 0.1) is 11.3 Å². The van der Waals surface area contributed by atoms with E-state index in [2.05, 4.69) is 41.7 Å². The summed E-state index contributed by atoms with van der Waals surface area (Å²) in [7, 11) is 1.64. The Bertz CT molecular complexity index is 752. The van der Waals surface area contributed by atoms with Gasteiger partial charge in [0.25, 0.3) is 0 Å². The molecule has 25 heavy (non-hydrogen) atoms. The summed E-state index contributed by atoms with van der Waals surface area (Å²) in [6.45, 7) is 1.31. The molecule has 4 nitrogen and oxygen atoms in total. The van der Waals surface area contributed by atoms with E-state index in [0.717, 1.165) is 37.3 Å². The van der Waals surface area contributed by atoms with Crippen LogP contribution in [0.4, 0.5) is 0 Å². The fraction of sp³-hybridized carbons (Fsp3) is 0.381. The van der Waals surface area contributed by atoms with Gasteiger partial charge < -0.3 is 14.8 Å². The normalized spacial score (nSPS) is 15.4. The molecule has 2 aromatic carbocycles. The van der Waals surface area contributed by atoms with Gasteiger partial charge in [0.1, 0.15) is 0 Å². The lowest BCUT2D eigenvalue weighted by molar-refractivity contribution is 0.290. The monoisotopic (exact) mass is 336 g/mol. The van der Waals surface area contributed by atoms with Gasteiger partial charge in [0.05, 0.1) is 19.8 Å². The third kappa shape index (κ3) is 4.32. The van der Waals surface area contributed by atoms with Gasteiger partial charge in [-0.05, 0) is 48.1 Å². The minimum Gasteiger partial charge on any atom is -0.493 e. The maximum Gasteiger partial charge on any atom is 0.161 e. The summed E-state index contributed by atoms with van der Waals surface area (Å²) < 4.78 is 11.2. The Balaban J connectivity index is 1.62. The number of rotatable bonds is 8. The molecule has 3 rings (SSSR count). The summed E-state index contributed by atoms with van der Waals surface area (Å²) in [5.74, 6) is 1.47. The summed E-state index contributed by atoms with van der Waals surface area (Å²) in [4.78, 5) is 0. The highest BCUT2D eigenvalue weighted by Crippen LogP contribution is 2.32. The number of aryl methyl sites for hydroxylation is 1. The van der Waals surface area contributed by atoms with Crippen LogP contribution in [-0.4, -0.2) is 13.7 Å². The first-order valence-electron chi connectivity index (χ1n) is 8.79. The lowest BCUT2D eigenvalue weighted by Gasteiger charge is -2.16. The van der Waals surface area contributed by atoms with Crippen LogP contribution in [0.15, 0.2) is 42.5 Å².